The molecule has 0 spiro atoms. The molecule has 1 aliphatic heterocycles. The molecule has 0 saturated carbocycles. The predicted octanol–water partition coefficient (Wildman–Crippen LogP) is 1.63. The number of anilines is 1. The molecule has 4 rings (SSSR count). The van der Waals surface area contributed by atoms with Gasteiger partial charge in [0.05, 0.1) is 29.6 Å². The van der Waals surface area contributed by atoms with E-state index in [0.717, 1.165) is 36.1 Å². The SMILES string of the molecule is CNc1cncc(C2CCCN2C(=O)Cn2nnc3ccccc32)n1. The third kappa shape index (κ3) is 2.90. The number of carbonyl (C=O) groups is 1. The normalized spacial score (nSPS) is 17.2. The van der Waals surface area contributed by atoms with Gasteiger partial charge in [0.2, 0.25) is 5.91 Å². The van der Waals surface area contributed by atoms with E-state index in [9.17, 15) is 4.79 Å². The summed E-state index contributed by atoms with van der Waals surface area (Å²) in [6.07, 6.45) is 5.26. The lowest BCUT2D eigenvalue weighted by Gasteiger charge is -2.24. The number of amides is 1. The van der Waals surface area contributed by atoms with Gasteiger partial charge in [0.1, 0.15) is 17.9 Å². The van der Waals surface area contributed by atoms with Gasteiger partial charge in [-0.15, -0.1) is 5.10 Å². The number of fused-ring (bicyclic) bond motifs is 1. The molecule has 0 radical (unpaired) electrons. The summed E-state index contributed by atoms with van der Waals surface area (Å²) in [6.45, 7) is 0.901. The highest BCUT2D eigenvalue weighted by atomic mass is 16.2. The number of aromatic nitrogens is 5. The Balaban J connectivity index is 1.56. The lowest BCUT2D eigenvalue weighted by atomic mass is 10.1. The largest absolute Gasteiger partial charge is 0.372 e. The van der Waals surface area contributed by atoms with E-state index < -0.39 is 0 Å². The second-order valence-corrected chi connectivity index (χ2v) is 6.06. The third-order valence-corrected chi connectivity index (χ3v) is 4.53. The topological polar surface area (TPSA) is 88.8 Å². The van der Waals surface area contributed by atoms with Crippen molar-refractivity contribution in [3.05, 3.63) is 42.4 Å². The number of likely N-dealkylation sites (tertiary alicyclic amines) is 1. The highest BCUT2D eigenvalue weighted by Crippen LogP contribution is 2.31. The monoisotopic (exact) mass is 337 g/mol. The molecule has 8 heteroatoms. The second-order valence-electron chi connectivity index (χ2n) is 6.06. The Hall–Kier alpha value is -3.03. The number of benzene rings is 1. The number of rotatable bonds is 4. The molecule has 1 amide bonds. The highest BCUT2D eigenvalue weighted by molar-refractivity contribution is 5.80. The lowest BCUT2D eigenvalue weighted by molar-refractivity contribution is -0.133. The molecule has 2 aromatic heterocycles. The van der Waals surface area contributed by atoms with Crippen molar-refractivity contribution in [2.45, 2.75) is 25.4 Å². The molecular weight excluding hydrogens is 318 g/mol. The molecule has 1 fully saturated rings. The number of para-hydroxylation sites is 1. The minimum absolute atomic E-state index is 0.0230. The van der Waals surface area contributed by atoms with Crippen molar-refractivity contribution < 1.29 is 4.79 Å². The fraction of sp³-hybridized carbons (Fsp3) is 0.353. The van der Waals surface area contributed by atoms with Gasteiger partial charge in [0.15, 0.2) is 0 Å². The molecule has 3 aromatic rings. The average molecular weight is 337 g/mol. The highest BCUT2D eigenvalue weighted by Gasteiger charge is 2.31. The Labute approximate surface area is 144 Å². The molecule has 128 valence electrons. The quantitative estimate of drug-likeness (QED) is 0.778. The van der Waals surface area contributed by atoms with Gasteiger partial charge in [0, 0.05) is 13.6 Å². The van der Waals surface area contributed by atoms with Crippen LogP contribution < -0.4 is 5.32 Å². The van der Waals surface area contributed by atoms with Gasteiger partial charge < -0.3 is 10.2 Å². The fourth-order valence-electron chi connectivity index (χ4n) is 3.29. The zero-order valence-corrected chi connectivity index (χ0v) is 14.0. The Morgan fingerprint density at radius 2 is 2.20 bits per heavy atom. The van der Waals surface area contributed by atoms with Crippen molar-refractivity contribution >= 4 is 22.8 Å². The van der Waals surface area contributed by atoms with Crippen molar-refractivity contribution in [3.63, 3.8) is 0 Å². The molecule has 3 heterocycles. The Bertz CT molecular complexity index is 907. The zero-order valence-electron chi connectivity index (χ0n) is 14.0. The number of nitrogens with zero attached hydrogens (tertiary/aromatic N) is 6. The Morgan fingerprint density at radius 3 is 3.08 bits per heavy atom. The smallest absolute Gasteiger partial charge is 0.244 e. The van der Waals surface area contributed by atoms with E-state index in [-0.39, 0.29) is 18.5 Å². The number of hydrogen-bond acceptors (Lipinski definition) is 6. The van der Waals surface area contributed by atoms with Crippen LogP contribution in [-0.2, 0) is 11.3 Å². The van der Waals surface area contributed by atoms with Crippen LogP contribution in [0.3, 0.4) is 0 Å². The fourth-order valence-corrected chi connectivity index (χ4v) is 3.29. The van der Waals surface area contributed by atoms with Crippen LogP contribution in [0.25, 0.3) is 11.0 Å². The molecule has 1 atom stereocenters. The molecule has 1 aromatic carbocycles. The molecule has 8 nitrogen and oxygen atoms in total. The molecular formula is C17H19N7O. The van der Waals surface area contributed by atoms with Crippen molar-refractivity contribution in [1.29, 1.82) is 0 Å². The van der Waals surface area contributed by atoms with Gasteiger partial charge >= 0.3 is 0 Å². The summed E-state index contributed by atoms with van der Waals surface area (Å²) in [6, 6.07) is 7.60. The number of hydrogen-bond donors (Lipinski definition) is 1. The zero-order chi connectivity index (χ0) is 17.2. The first kappa shape index (κ1) is 15.5. The minimum Gasteiger partial charge on any atom is -0.372 e. The first-order chi connectivity index (χ1) is 12.3. The van der Waals surface area contributed by atoms with E-state index in [4.69, 9.17) is 0 Å². The Morgan fingerprint density at radius 1 is 1.32 bits per heavy atom. The summed E-state index contributed by atoms with van der Waals surface area (Å²) in [7, 11) is 1.81. The number of nitrogens with one attached hydrogen (secondary N) is 1. The molecule has 1 N–H and O–H groups in total. The van der Waals surface area contributed by atoms with Crippen LogP contribution in [0.1, 0.15) is 24.6 Å². The summed E-state index contributed by atoms with van der Waals surface area (Å²) in [4.78, 5) is 23.5. The predicted molar refractivity (Wildman–Crippen MR) is 92.8 cm³/mol. The Kier molecular flexibility index (Phi) is 4.01. The van der Waals surface area contributed by atoms with E-state index in [0.29, 0.717) is 5.82 Å². The maximum atomic E-state index is 12.9. The summed E-state index contributed by atoms with van der Waals surface area (Å²) in [5, 5.41) is 11.2. The molecule has 1 aliphatic rings. The number of carbonyl (C=O) groups excluding carboxylic acids is 1. The van der Waals surface area contributed by atoms with E-state index in [1.165, 1.54) is 0 Å². The maximum Gasteiger partial charge on any atom is 0.244 e. The van der Waals surface area contributed by atoms with Crippen LogP contribution in [0.4, 0.5) is 5.82 Å². The van der Waals surface area contributed by atoms with E-state index in [1.54, 1.807) is 24.1 Å². The summed E-state index contributed by atoms with van der Waals surface area (Å²) in [5.41, 5.74) is 2.48. The lowest BCUT2D eigenvalue weighted by Crippen LogP contribution is -2.34. The van der Waals surface area contributed by atoms with Crippen molar-refractivity contribution in [2.75, 3.05) is 18.9 Å². The maximum absolute atomic E-state index is 12.9. The van der Waals surface area contributed by atoms with E-state index in [1.807, 2.05) is 29.2 Å². The van der Waals surface area contributed by atoms with Crippen molar-refractivity contribution in [2.24, 2.45) is 0 Å². The van der Waals surface area contributed by atoms with Crippen LogP contribution in [-0.4, -0.2) is 49.4 Å². The van der Waals surface area contributed by atoms with Gasteiger partial charge in [-0.05, 0) is 25.0 Å². The van der Waals surface area contributed by atoms with Crippen LogP contribution >= 0.6 is 0 Å². The molecule has 0 aliphatic carbocycles. The standard InChI is InChI=1S/C17H19N7O/c1-18-16-10-19-9-13(20-16)14-7-4-8-23(14)17(25)11-24-15-6-3-2-5-12(15)21-22-24/h2-3,5-6,9-10,14H,4,7-8,11H2,1H3,(H,18,20). The average Bonchev–Trinajstić information content (AvgIpc) is 3.29. The van der Waals surface area contributed by atoms with Gasteiger partial charge in [-0.3, -0.25) is 9.78 Å². The van der Waals surface area contributed by atoms with Crippen LogP contribution in [0.5, 0.6) is 0 Å². The molecule has 1 unspecified atom stereocenters. The summed E-state index contributed by atoms with van der Waals surface area (Å²) < 4.78 is 1.66. The summed E-state index contributed by atoms with van der Waals surface area (Å²) >= 11 is 0. The van der Waals surface area contributed by atoms with Crippen molar-refractivity contribution in [1.82, 2.24) is 29.9 Å². The van der Waals surface area contributed by atoms with Crippen LogP contribution in [0.2, 0.25) is 0 Å². The third-order valence-electron chi connectivity index (χ3n) is 4.53. The van der Waals surface area contributed by atoms with Gasteiger partial charge in [0.25, 0.3) is 0 Å². The van der Waals surface area contributed by atoms with Crippen molar-refractivity contribution in [3.8, 4) is 0 Å². The molecule has 1 saturated heterocycles. The first-order valence-electron chi connectivity index (χ1n) is 8.33. The summed E-state index contributed by atoms with van der Waals surface area (Å²) in [5.74, 6) is 0.730. The molecule has 0 bridgehead atoms. The minimum atomic E-state index is -0.0388. The van der Waals surface area contributed by atoms with Gasteiger partial charge in [-0.2, -0.15) is 0 Å². The van der Waals surface area contributed by atoms with Gasteiger partial charge in [-0.1, -0.05) is 17.3 Å². The van der Waals surface area contributed by atoms with E-state index >= 15 is 0 Å². The van der Waals surface area contributed by atoms with Crippen LogP contribution in [0.15, 0.2) is 36.7 Å². The van der Waals surface area contributed by atoms with E-state index in [2.05, 4.69) is 25.6 Å². The van der Waals surface area contributed by atoms with Crippen LogP contribution in [0, 0.1) is 0 Å². The molecule has 25 heavy (non-hydrogen) atoms. The van der Waals surface area contributed by atoms with Gasteiger partial charge in [-0.25, -0.2) is 9.67 Å². The second kappa shape index (κ2) is 6.46. The first-order valence-corrected chi connectivity index (χ1v) is 8.33.